The summed E-state index contributed by atoms with van der Waals surface area (Å²) in [6.45, 7) is 2.77. The highest BCUT2D eigenvalue weighted by molar-refractivity contribution is 5.74. The number of carbonyl (C=O) groups excluding carboxylic acids is 1. The Kier molecular flexibility index (Phi) is 6.66. The van der Waals surface area contributed by atoms with Crippen LogP contribution in [-0.4, -0.2) is 55.6 Å². The van der Waals surface area contributed by atoms with E-state index in [1.807, 2.05) is 37.3 Å². The van der Waals surface area contributed by atoms with E-state index in [1.54, 1.807) is 11.8 Å². The third-order valence-electron chi connectivity index (χ3n) is 3.72. The number of urea groups is 1. The van der Waals surface area contributed by atoms with E-state index in [0.717, 1.165) is 5.56 Å². The van der Waals surface area contributed by atoms with Crippen molar-refractivity contribution < 1.29 is 27.4 Å². The fourth-order valence-electron chi connectivity index (χ4n) is 2.66. The van der Waals surface area contributed by atoms with Gasteiger partial charge in [0.2, 0.25) is 0 Å². The molecule has 140 valence electrons. The summed E-state index contributed by atoms with van der Waals surface area (Å²) in [6, 6.07) is 8.73. The van der Waals surface area contributed by atoms with E-state index in [2.05, 4.69) is 10.1 Å². The van der Waals surface area contributed by atoms with Gasteiger partial charge in [0, 0.05) is 6.54 Å². The number of hydrogen-bond acceptors (Lipinski definition) is 3. The van der Waals surface area contributed by atoms with Crippen molar-refractivity contribution in [2.24, 2.45) is 0 Å². The van der Waals surface area contributed by atoms with Crippen molar-refractivity contribution in [3.8, 4) is 0 Å². The fourth-order valence-corrected chi connectivity index (χ4v) is 2.66. The van der Waals surface area contributed by atoms with Gasteiger partial charge in [0.1, 0.15) is 12.7 Å². The quantitative estimate of drug-likeness (QED) is 0.878. The average Bonchev–Trinajstić information content (AvgIpc) is 2.53. The van der Waals surface area contributed by atoms with Crippen LogP contribution in [0.3, 0.4) is 0 Å². The molecule has 1 saturated heterocycles. The van der Waals surface area contributed by atoms with Crippen LogP contribution in [0, 0.1) is 0 Å². The highest BCUT2D eigenvalue weighted by atomic mass is 19.4. The minimum atomic E-state index is -4.37. The van der Waals surface area contributed by atoms with Crippen LogP contribution >= 0.6 is 0 Å². The molecule has 2 amide bonds. The number of halogens is 3. The van der Waals surface area contributed by atoms with Crippen molar-refractivity contribution >= 4 is 6.03 Å². The molecule has 3 atom stereocenters. The topological polar surface area (TPSA) is 50.8 Å². The van der Waals surface area contributed by atoms with Gasteiger partial charge < -0.3 is 19.7 Å². The number of amides is 2. The Balaban J connectivity index is 1.85. The van der Waals surface area contributed by atoms with Crippen molar-refractivity contribution in [3.63, 3.8) is 0 Å². The molecular weight excluding hydrogens is 337 g/mol. The molecule has 0 aliphatic carbocycles. The normalized spacial score (nSPS) is 22.5. The summed E-state index contributed by atoms with van der Waals surface area (Å²) in [7, 11) is 0. The van der Waals surface area contributed by atoms with Gasteiger partial charge in [-0.05, 0) is 19.4 Å². The molecule has 0 unspecified atom stereocenters. The highest BCUT2D eigenvalue weighted by Gasteiger charge is 2.30. The first-order valence-electron chi connectivity index (χ1n) is 8.15. The van der Waals surface area contributed by atoms with Crippen molar-refractivity contribution in [1.82, 2.24) is 10.2 Å². The van der Waals surface area contributed by atoms with E-state index in [0.29, 0.717) is 13.1 Å². The number of carbonyl (C=O) groups is 1. The van der Waals surface area contributed by atoms with Crippen LogP contribution in [0.25, 0.3) is 0 Å². The molecule has 1 fully saturated rings. The molecule has 5 nitrogen and oxygen atoms in total. The number of nitrogens with zero attached hydrogens (tertiary/aromatic N) is 1. The first-order valence-corrected chi connectivity index (χ1v) is 8.15. The zero-order valence-corrected chi connectivity index (χ0v) is 14.3. The molecule has 1 heterocycles. The summed E-state index contributed by atoms with van der Waals surface area (Å²) in [6.07, 6.45) is -4.74. The minimum absolute atomic E-state index is 0.138. The van der Waals surface area contributed by atoms with Gasteiger partial charge in [0.25, 0.3) is 0 Å². The lowest BCUT2D eigenvalue weighted by Crippen LogP contribution is -2.52. The van der Waals surface area contributed by atoms with Gasteiger partial charge in [-0.1, -0.05) is 30.3 Å². The number of alkyl halides is 3. The zero-order valence-electron chi connectivity index (χ0n) is 14.3. The second-order valence-corrected chi connectivity index (χ2v) is 6.23. The maximum absolute atomic E-state index is 12.4. The maximum atomic E-state index is 12.4. The van der Waals surface area contributed by atoms with Crippen molar-refractivity contribution in [2.45, 2.75) is 38.3 Å². The van der Waals surface area contributed by atoms with Gasteiger partial charge in [-0.2, -0.15) is 13.2 Å². The van der Waals surface area contributed by atoms with Crippen LogP contribution in [0.1, 0.15) is 25.5 Å². The predicted molar refractivity (Wildman–Crippen MR) is 86.2 cm³/mol. The lowest BCUT2D eigenvalue weighted by atomic mass is 10.1. The SMILES string of the molecule is C[C@H](COCC(F)(F)F)NC(=O)N1C[C@@H](C)O[C@@H](c2ccccc2)C1. The smallest absolute Gasteiger partial charge is 0.370 e. The molecule has 0 bridgehead atoms. The number of hydrogen-bond donors (Lipinski definition) is 1. The molecule has 1 aromatic carbocycles. The fraction of sp³-hybridized carbons (Fsp3) is 0.588. The summed E-state index contributed by atoms with van der Waals surface area (Å²) in [5, 5.41) is 2.67. The van der Waals surface area contributed by atoms with E-state index in [4.69, 9.17) is 4.74 Å². The van der Waals surface area contributed by atoms with Gasteiger partial charge in [-0.25, -0.2) is 4.79 Å². The molecule has 2 rings (SSSR count). The van der Waals surface area contributed by atoms with Crippen LogP contribution in [0.5, 0.6) is 0 Å². The van der Waals surface area contributed by atoms with Gasteiger partial charge >= 0.3 is 12.2 Å². The molecule has 1 aromatic rings. The van der Waals surface area contributed by atoms with Crippen LogP contribution < -0.4 is 5.32 Å². The maximum Gasteiger partial charge on any atom is 0.411 e. The Morgan fingerprint density at radius 3 is 2.68 bits per heavy atom. The zero-order chi connectivity index (χ0) is 18.4. The van der Waals surface area contributed by atoms with E-state index in [9.17, 15) is 18.0 Å². The van der Waals surface area contributed by atoms with Gasteiger partial charge in [0.15, 0.2) is 0 Å². The third-order valence-corrected chi connectivity index (χ3v) is 3.72. The minimum Gasteiger partial charge on any atom is -0.370 e. The van der Waals surface area contributed by atoms with Crippen molar-refractivity contribution in [1.29, 1.82) is 0 Å². The molecule has 25 heavy (non-hydrogen) atoms. The van der Waals surface area contributed by atoms with E-state index < -0.39 is 18.8 Å². The lowest BCUT2D eigenvalue weighted by molar-refractivity contribution is -0.174. The molecule has 1 N–H and O–H groups in total. The van der Waals surface area contributed by atoms with Crippen LogP contribution in [0.15, 0.2) is 30.3 Å². The molecule has 0 saturated carbocycles. The molecule has 1 aliphatic rings. The summed E-state index contributed by atoms with van der Waals surface area (Å²) < 4.78 is 46.7. The highest BCUT2D eigenvalue weighted by Crippen LogP contribution is 2.25. The first-order chi connectivity index (χ1) is 11.7. The summed E-state index contributed by atoms with van der Waals surface area (Å²) in [5.74, 6) is 0. The standard InChI is InChI=1S/C17H23F3N2O3/c1-12(10-24-11-17(18,19)20)21-16(23)22-8-13(2)25-15(9-22)14-6-4-3-5-7-14/h3-7,12-13,15H,8-11H2,1-2H3,(H,21,23)/t12-,13-,15-/m1/s1. The Morgan fingerprint density at radius 2 is 2.04 bits per heavy atom. The third kappa shape index (κ3) is 6.55. The second-order valence-electron chi connectivity index (χ2n) is 6.23. The van der Waals surface area contributed by atoms with Crippen LogP contribution in [-0.2, 0) is 9.47 Å². The molecule has 0 aromatic heterocycles. The van der Waals surface area contributed by atoms with Gasteiger partial charge in [0.05, 0.1) is 25.3 Å². The van der Waals surface area contributed by atoms with Gasteiger partial charge in [-0.3, -0.25) is 0 Å². The van der Waals surface area contributed by atoms with E-state index in [1.165, 1.54) is 0 Å². The van der Waals surface area contributed by atoms with E-state index >= 15 is 0 Å². The largest absolute Gasteiger partial charge is 0.411 e. The Hall–Kier alpha value is -1.80. The molecule has 8 heteroatoms. The predicted octanol–water partition coefficient (Wildman–Crippen LogP) is 3.13. The first kappa shape index (κ1) is 19.5. The lowest BCUT2D eigenvalue weighted by Gasteiger charge is -2.37. The molecular formula is C17H23F3N2O3. The molecule has 0 spiro atoms. The van der Waals surface area contributed by atoms with Gasteiger partial charge in [-0.15, -0.1) is 0 Å². The van der Waals surface area contributed by atoms with Crippen molar-refractivity contribution in [2.75, 3.05) is 26.3 Å². The number of morpholine rings is 1. The number of ether oxygens (including phenoxy) is 2. The summed E-state index contributed by atoms with van der Waals surface area (Å²) in [4.78, 5) is 14.0. The number of rotatable bonds is 5. The molecule has 1 aliphatic heterocycles. The monoisotopic (exact) mass is 360 g/mol. The number of nitrogens with one attached hydrogen (secondary N) is 1. The van der Waals surface area contributed by atoms with Crippen molar-refractivity contribution in [3.05, 3.63) is 35.9 Å². The summed E-state index contributed by atoms with van der Waals surface area (Å²) in [5.41, 5.74) is 0.980. The van der Waals surface area contributed by atoms with Crippen LogP contribution in [0.2, 0.25) is 0 Å². The number of benzene rings is 1. The second kappa shape index (κ2) is 8.53. The Bertz CT molecular complexity index is 554. The average molecular weight is 360 g/mol. The summed E-state index contributed by atoms with van der Waals surface area (Å²) >= 11 is 0. The van der Waals surface area contributed by atoms with E-state index in [-0.39, 0.29) is 24.8 Å². The Labute approximate surface area is 145 Å². The Morgan fingerprint density at radius 1 is 1.36 bits per heavy atom. The molecule has 0 radical (unpaired) electrons. The van der Waals surface area contributed by atoms with Crippen LogP contribution in [0.4, 0.5) is 18.0 Å².